The molecule has 0 aromatic rings. The summed E-state index contributed by atoms with van der Waals surface area (Å²) in [5, 5.41) is 15.5. The van der Waals surface area contributed by atoms with Crippen LogP contribution in [-0.4, -0.2) is 74.6 Å². The van der Waals surface area contributed by atoms with Crippen LogP contribution in [-0.2, 0) is 4.84 Å². The van der Waals surface area contributed by atoms with Gasteiger partial charge in [0.1, 0.15) is 6.61 Å². The van der Waals surface area contributed by atoms with E-state index < -0.39 is 5.60 Å². The zero-order valence-electron chi connectivity index (χ0n) is 16.8. The van der Waals surface area contributed by atoms with Crippen molar-refractivity contribution in [3.8, 4) is 0 Å². The second-order valence-electron chi connectivity index (χ2n) is 8.62. The van der Waals surface area contributed by atoms with Gasteiger partial charge in [0.15, 0.2) is 0 Å². The SMILES string of the molecule is CN(C)CC/C=C1/CC[C@]2(C)[C@@H](/C=N/OCCN(C)C)CC[C@]2(O)C1. The Morgan fingerprint density at radius 3 is 2.60 bits per heavy atom. The van der Waals surface area contributed by atoms with Gasteiger partial charge in [-0.2, -0.15) is 0 Å². The van der Waals surface area contributed by atoms with E-state index in [0.717, 1.165) is 51.6 Å². The second kappa shape index (κ2) is 8.65. The van der Waals surface area contributed by atoms with E-state index in [1.165, 1.54) is 5.57 Å². The molecule has 1 N–H and O–H groups in total. The fraction of sp³-hybridized carbons (Fsp3) is 0.850. The minimum atomic E-state index is -0.588. The Bertz CT molecular complexity index is 489. The molecule has 2 saturated carbocycles. The van der Waals surface area contributed by atoms with E-state index in [1.54, 1.807) is 0 Å². The number of oxime groups is 1. The normalized spacial score (nSPS) is 34.4. The Kier molecular flexibility index (Phi) is 7.06. The molecule has 0 amide bonds. The number of likely N-dealkylation sites (N-methyl/N-ethyl adjacent to an activating group) is 1. The molecule has 2 fully saturated rings. The Labute approximate surface area is 153 Å². The van der Waals surface area contributed by atoms with Crippen LogP contribution in [0.25, 0.3) is 0 Å². The lowest BCUT2D eigenvalue weighted by atomic mass is 9.61. The van der Waals surface area contributed by atoms with E-state index in [1.807, 2.05) is 20.3 Å². The molecule has 0 aliphatic heterocycles. The van der Waals surface area contributed by atoms with E-state index in [4.69, 9.17) is 4.84 Å². The minimum Gasteiger partial charge on any atom is -0.395 e. The molecule has 0 aromatic carbocycles. The molecule has 2 rings (SSSR count). The first kappa shape index (κ1) is 20.4. The molecule has 0 aromatic heterocycles. The molecule has 0 bridgehead atoms. The summed E-state index contributed by atoms with van der Waals surface area (Å²) in [6.45, 7) is 4.78. The number of aliphatic hydroxyl groups is 1. The van der Waals surface area contributed by atoms with Crippen LogP contribution in [0.2, 0.25) is 0 Å². The van der Waals surface area contributed by atoms with Crippen molar-refractivity contribution >= 4 is 6.21 Å². The third-order valence-electron chi connectivity index (χ3n) is 6.19. The van der Waals surface area contributed by atoms with E-state index in [9.17, 15) is 5.11 Å². The van der Waals surface area contributed by atoms with Crippen LogP contribution in [0.15, 0.2) is 16.8 Å². The van der Waals surface area contributed by atoms with Gasteiger partial charge in [-0.1, -0.05) is 23.7 Å². The van der Waals surface area contributed by atoms with Crippen LogP contribution in [0.3, 0.4) is 0 Å². The van der Waals surface area contributed by atoms with E-state index in [-0.39, 0.29) is 5.41 Å². The summed E-state index contributed by atoms with van der Waals surface area (Å²) in [7, 11) is 8.25. The Morgan fingerprint density at radius 1 is 1.20 bits per heavy atom. The Morgan fingerprint density at radius 2 is 1.92 bits per heavy atom. The van der Waals surface area contributed by atoms with Gasteiger partial charge in [-0.25, -0.2) is 0 Å². The van der Waals surface area contributed by atoms with Crippen molar-refractivity contribution in [2.75, 3.05) is 47.9 Å². The minimum absolute atomic E-state index is 0.0830. The summed E-state index contributed by atoms with van der Waals surface area (Å²) in [4.78, 5) is 9.68. The number of fused-ring (bicyclic) bond motifs is 1. The number of hydrogen-bond donors (Lipinski definition) is 1. The van der Waals surface area contributed by atoms with Crippen molar-refractivity contribution < 1.29 is 9.94 Å². The highest BCUT2D eigenvalue weighted by atomic mass is 16.6. The van der Waals surface area contributed by atoms with Gasteiger partial charge in [0.2, 0.25) is 0 Å². The second-order valence-corrected chi connectivity index (χ2v) is 8.62. The van der Waals surface area contributed by atoms with Gasteiger partial charge in [-0.05, 0) is 66.7 Å². The van der Waals surface area contributed by atoms with Crippen molar-refractivity contribution in [2.24, 2.45) is 16.5 Å². The van der Waals surface area contributed by atoms with Gasteiger partial charge < -0.3 is 19.7 Å². The first-order valence-corrected chi connectivity index (χ1v) is 9.62. The summed E-state index contributed by atoms with van der Waals surface area (Å²) in [6.07, 6.45) is 10.2. The first-order valence-electron chi connectivity index (χ1n) is 9.62. The summed E-state index contributed by atoms with van der Waals surface area (Å²) in [5.74, 6) is 0.306. The quantitative estimate of drug-likeness (QED) is 0.316. The zero-order valence-corrected chi connectivity index (χ0v) is 16.8. The van der Waals surface area contributed by atoms with E-state index in [2.05, 4.69) is 42.1 Å². The van der Waals surface area contributed by atoms with Crippen LogP contribution in [0.5, 0.6) is 0 Å². The average Bonchev–Trinajstić information content (AvgIpc) is 2.78. The molecule has 5 nitrogen and oxygen atoms in total. The standard InChI is InChI=1S/C20H37N3O2/c1-19-10-8-17(7-6-12-22(2)3)15-20(19,24)11-9-18(19)16-21-25-14-13-23(4)5/h7,16,18,24H,6,8-15H2,1-5H3/b17-7-,21-16+/t18-,19-,20+/m1/s1. The van der Waals surface area contributed by atoms with Crippen LogP contribution in [0, 0.1) is 11.3 Å². The fourth-order valence-electron chi connectivity index (χ4n) is 4.27. The summed E-state index contributed by atoms with van der Waals surface area (Å²) in [6, 6.07) is 0. The van der Waals surface area contributed by atoms with Crippen molar-refractivity contribution in [3.05, 3.63) is 11.6 Å². The lowest BCUT2D eigenvalue weighted by Crippen LogP contribution is -2.48. The van der Waals surface area contributed by atoms with Crippen LogP contribution in [0.4, 0.5) is 0 Å². The van der Waals surface area contributed by atoms with Gasteiger partial charge in [0.25, 0.3) is 0 Å². The van der Waals surface area contributed by atoms with E-state index >= 15 is 0 Å². The molecule has 144 valence electrons. The van der Waals surface area contributed by atoms with E-state index in [0.29, 0.717) is 12.5 Å². The molecular formula is C20H37N3O2. The molecule has 25 heavy (non-hydrogen) atoms. The van der Waals surface area contributed by atoms with Crippen molar-refractivity contribution in [1.29, 1.82) is 0 Å². The third-order valence-corrected chi connectivity index (χ3v) is 6.19. The molecule has 2 aliphatic rings. The van der Waals surface area contributed by atoms with Gasteiger partial charge in [-0.15, -0.1) is 0 Å². The Hall–Kier alpha value is -0.910. The van der Waals surface area contributed by atoms with Crippen molar-refractivity contribution in [1.82, 2.24) is 9.80 Å². The lowest BCUT2D eigenvalue weighted by Gasteiger charge is -2.47. The summed E-state index contributed by atoms with van der Waals surface area (Å²) < 4.78 is 0. The topological polar surface area (TPSA) is 48.3 Å². The van der Waals surface area contributed by atoms with Gasteiger partial charge in [0, 0.05) is 30.6 Å². The predicted molar refractivity (Wildman–Crippen MR) is 104 cm³/mol. The van der Waals surface area contributed by atoms with Gasteiger partial charge in [-0.3, -0.25) is 0 Å². The smallest absolute Gasteiger partial charge is 0.129 e. The highest BCUT2D eigenvalue weighted by Crippen LogP contribution is 2.58. The van der Waals surface area contributed by atoms with Crippen molar-refractivity contribution in [2.45, 2.75) is 51.0 Å². The van der Waals surface area contributed by atoms with Crippen molar-refractivity contribution in [3.63, 3.8) is 0 Å². The van der Waals surface area contributed by atoms with Gasteiger partial charge in [0.05, 0.1) is 5.60 Å². The fourth-order valence-corrected chi connectivity index (χ4v) is 4.27. The highest BCUT2D eigenvalue weighted by Gasteiger charge is 2.57. The lowest BCUT2D eigenvalue weighted by molar-refractivity contribution is -0.0758. The molecule has 3 atom stereocenters. The first-order chi connectivity index (χ1) is 11.8. The largest absolute Gasteiger partial charge is 0.395 e. The molecule has 0 heterocycles. The van der Waals surface area contributed by atoms with Gasteiger partial charge >= 0.3 is 0 Å². The molecule has 0 saturated heterocycles. The maximum absolute atomic E-state index is 11.3. The molecule has 0 radical (unpaired) electrons. The maximum Gasteiger partial charge on any atom is 0.129 e. The molecule has 2 aliphatic carbocycles. The van der Waals surface area contributed by atoms with Crippen LogP contribution in [0.1, 0.15) is 45.4 Å². The number of hydrogen-bond acceptors (Lipinski definition) is 5. The summed E-state index contributed by atoms with van der Waals surface area (Å²) in [5.41, 5.74) is 0.761. The van der Waals surface area contributed by atoms with Crippen LogP contribution < -0.4 is 0 Å². The Balaban J connectivity index is 1.92. The third kappa shape index (κ3) is 5.05. The zero-order chi connectivity index (χ0) is 18.5. The predicted octanol–water partition coefficient (Wildman–Crippen LogP) is 2.76. The molecule has 0 unspecified atom stereocenters. The highest BCUT2D eigenvalue weighted by molar-refractivity contribution is 5.63. The van der Waals surface area contributed by atoms with Crippen LogP contribution >= 0.6 is 0 Å². The average molecular weight is 352 g/mol. The molecule has 0 spiro atoms. The number of nitrogens with zero attached hydrogens (tertiary/aromatic N) is 3. The molecular weight excluding hydrogens is 314 g/mol. The monoisotopic (exact) mass is 351 g/mol. The molecule has 5 heteroatoms. The number of rotatable bonds is 8. The summed E-state index contributed by atoms with van der Waals surface area (Å²) >= 11 is 0. The maximum atomic E-state index is 11.3.